The normalized spacial score (nSPS) is 18.9. The summed E-state index contributed by atoms with van der Waals surface area (Å²) < 4.78 is 5.61. The molecular weight excluding hydrogens is 446 g/mol. The standard InChI is InChI=1S/C31H35N3O2/c1-4-34(5-2)24-15-11-22(12-16-24)31-30-28(32-26-9-7-8-10-27(26)33-31)19-23(20-29(30)35)21-13-17-25(18-14-21)36-6-3/h7-18,23,31-33H,4-6,19-20H2,1-3H3. The molecular formula is C31H35N3O2. The van der Waals surface area contributed by atoms with Crippen molar-refractivity contribution in [3.8, 4) is 5.75 Å². The number of nitrogens with one attached hydrogen (secondary N) is 2. The molecule has 1 aliphatic carbocycles. The summed E-state index contributed by atoms with van der Waals surface area (Å²) in [7, 11) is 0. The van der Waals surface area contributed by atoms with Crippen molar-refractivity contribution in [1.29, 1.82) is 0 Å². The smallest absolute Gasteiger partial charge is 0.163 e. The zero-order valence-corrected chi connectivity index (χ0v) is 21.4. The molecule has 5 nitrogen and oxygen atoms in total. The Morgan fingerprint density at radius 2 is 1.50 bits per heavy atom. The maximum atomic E-state index is 13.8. The van der Waals surface area contributed by atoms with Crippen LogP contribution in [0.15, 0.2) is 84.1 Å². The largest absolute Gasteiger partial charge is 0.494 e. The van der Waals surface area contributed by atoms with Crippen LogP contribution in [0.25, 0.3) is 0 Å². The molecule has 5 heteroatoms. The van der Waals surface area contributed by atoms with Gasteiger partial charge >= 0.3 is 0 Å². The number of anilines is 3. The van der Waals surface area contributed by atoms with Crippen LogP contribution < -0.4 is 20.3 Å². The second-order valence-corrected chi connectivity index (χ2v) is 9.43. The molecule has 5 rings (SSSR count). The Labute approximate surface area is 214 Å². The fourth-order valence-electron chi connectivity index (χ4n) is 5.45. The van der Waals surface area contributed by atoms with Gasteiger partial charge in [0.15, 0.2) is 5.78 Å². The van der Waals surface area contributed by atoms with Crippen LogP contribution in [0, 0.1) is 0 Å². The lowest BCUT2D eigenvalue weighted by atomic mass is 9.78. The van der Waals surface area contributed by atoms with E-state index in [1.54, 1.807) is 0 Å². The van der Waals surface area contributed by atoms with Crippen molar-refractivity contribution in [2.45, 2.75) is 45.6 Å². The highest BCUT2D eigenvalue weighted by atomic mass is 16.5. The zero-order chi connectivity index (χ0) is 25.1. The Kier molecular flexibility index (Phi) is 6.99. The Balaban J connectivity index is 1.51. The van der Waals surface area contributed by atoms with Crippen molar-refractivity contribution < 1.29 is 9.53 Å². The number of para-hydroxylation sites is 2. The van der Waals surface area contributed by atoms with Gasteiger partial charge in [-0.2, -0.15) is 0 Å². The first-order valence-corrected chi connectivity index (χ1v) is 13.1. The van der Waals surface area contributed by atoms with E-state index in [9.17, 15) is 4.79 Å². The number of carbonyl (C=O) groups excluding carboxylic acids is 1. The van der Waals surface area contributed by atoms with E-state index in [4.69, 9.17) is 4.74 Å². The van der Waals surface area contributed by atoms with Crippen LogP contribution in [0.2, 0.25) is 0 Å². The summed E-state index contributed by atoms with van der Waals surface area (Å²) in [5.74, 6) is 1.19. The Morgan fingerprint density at radius 1 is 0.833 bits per heavy atom. The van der Waals surface area contributed by atoms with Gasteiger partial charge in [-0.05, 0) is 80.6 Å². The van der Waals surface area contributed by atoms with Gasteiger partial charge in [0.1, 0.15) is 5.75 Å². The van der Waals surface area contributed by atoms with Crippen molar-refractivity contribution in [3.63, 3.8) is 0 Å². The van der Waals surface area contributed by atoms with Gasteiger partial charge in [0.05, 0.1) is 24.0 Å². The first-order valence-electron chi connectivity index (χ1n) is 13.1. The Morgan fingerprint density at radius 3 is 2.17 bits per heavy atom. The van der Waals surface area contributed by atoms with E-state index in [1.165, 1.54) is 11.3 Å². The predicted octanol–water partition coefficient (Wildman–Crippen LogP) is 6.91. The molecule has 0 saturated heterocycles. The molecule has 0 amide bonds. The van der Waals surface area contributed by atoms with E-state index < -0.39 is 0 Å². The van der Waals surface area contributed by atoms with Crippen LogP contribution >= 0.6 is 0 Å². The maximum absolute atomic E-state index is 13.8. The molecule has 0 spiro atoms. The highest BCUT2D eigenvalue weighted by Gasteiger charge is 2.36. The number of carbonyl (C=O) groups is 1. The van der Waals surface area contributed by atoms with Crippen LogP contribution in [0.1, 0.15) is 56.7 Å². The van der Waals surface area contributed by atoms with Crippen molar-refractivity contribution >= 4 is 22.8 Å². The number of ether oxygens (including phenoxy) is 1. The third-order valence-electron chi connectivity index (χ3n) is 7.33. The van der Waals surface area contributed by atoms with Crippen LogP contribution in [0.3, 0.4) is 0 Å². The van der Waals surface area contributed by atoms with Gasteiger partial charge in [-0.1, -0.05) is 36.4 Å². The number of allylic oxidation sites excluding steroid dienone is 1. The molecule has 0 fully saturated rings. The summed E-state index contributed by atoms with van der Waals surface area (Å²) in [6.45, 7) is 8.91. The van der Waals surface area contributed by atoms with Gasteiger partial charge < -0.3 is 20.3 Å². The number of benzene rings is 3. The summed E-state index contributed by atoms with van der Waals surface area (Å²) in [6, 6.07) is 24.9. The molecule has 0 radical (unpaired) electrons. The molecule has 2 aliphatic rings. The average molecular weight is 482 g/mol. The van der Waals surface area contributed by atoms with E-state index in [1.807, 2.05) is 31.2 Å². The maximum Gasteiger partial charge on any atom is 0.163 e. The number of nitrogens with zero attached hydrogens (tertiary/aromatic N) is 1. The van der Waals surface area contributed by atoms with Gasteiger partial charge in [0, 0.05) is 36.5 Å². The molecule has 0 saturated carbocycles. The van der Waals surface area contributed by atoms with Crippen molar-refractivity contribution in [1.82, 2.24) is 0 Å². The van der Waals surface area contributed by atoms with E-state index >= 15 is 0 Å². The number of rotatable bonds is 7. The van der Waals surface area contributed by atoms with E-state index in [-0.39, 0.29) is 17.7 Å². The first-order chi connectivity index (χ1) is 17.6. The minimum Gasteiger partial charge on any atom is -0.494 e. The fraction of sp³-hybridized carbons (Fsp3) is 0.323. The molecule has 2 N–H and O–H groups in total. The fourth-order valence-corrected chi connectivity index (χ4v) is 5.45. The van der Waals surface area contributed by atoms with Gasteiger partial charge in [-0.3, -0.25) is 4.79 Å². The highest BCUT2D eigenvalue weighted by molar-refractivity contribution is 6.01. The SMILES string of the molecule is CCOc1ccc(C2CC(=O)C3=C(C2)Nc2ccccc2NC3c2ccc(N(CC)CC)cc2)cc1. The number of hydrogen-bond acceptors (Lipinski definition) is 5. The quantitative estimate of drug-likeness (QED) is 0.384. The molecule has 0 bridgehead atoms. The molecule has 3 aromatic carbocycles. The van der Waals surface area contributed by atoms with Crippen molar-refractivity contribution in [2.24, 2.45) is 0 Å². The topological polar surface area (TPSA) is 53.6 Å². The van der Waals surface area contributed by atoms with E-state index in [0.717, 1.165) is 53.5 Å². The van der Waals surface area contributed by atoms with E-state index in [2.05, 4.69) is 77.9 Å². The van der Waals surface area contributed by atoms with Gasteiger partial charge in [0.25, 0.3) is 0 Å². The summed E-state index contributed by atoms with van der Waals surface area (Å²) in [6.07, 6.45) is 1.29. The summed E-state index contributed by atoms with van der Waals surface area (Å²) in [5.41, 5.74) is 7.36. The van der Waals surface area contributed by atoms with Crippen LogP contribution in [0.5, 0.6) is 5.75 Å². The molecule has 2 atom stereocenters. The number of hydrogen-bond donors (Lipinski definition) is 2. The van der Waals surface area contributed by atoms with Crippen molar-refractivity contribution in [3.05, 3.63) is 95.2 Å². The molecule has 186 valence electrons. The molecule has 36 heavy (non-hydrogen) atoms. The minimum absolute atomic E-state index is 0.135. The molecule has 0 aromatic heterocycles. The van der Waals surface area contributed by atoms with Crippen LogP contribution in [-0.4, -0.2) is 25.5 Å². The third kappa shape index (κ3) is 4.70. The number of ketones is 1. The third-order valence-corrected chi connectivity index (χ3v) is 7.33. The van der Waals surface area contributed by atoms with Crippen LogP contribution in [-0.2, 0) is 4.79 Å². The number of fused-ring (bicyclic) bond motifs is 1. The second-order valence-electron chi connectivity index (χ2n) is 9.43. The Hall–Kier alpha value is -3.73. The minimum atomic E-state index is -0.198. The monoisotopic (exact) mass is 481 g/mol. The lowest BCUT2D eigenvalue weighted by molar-refractivity contribution is -0.116. The highest BCUT2D eigenvalue weighted by Crippen LogP contribution is 2.44. The van der Waals surface area contributed by atoms with Gasteiger partial charge in [-0.15, -0.1) is 0 Å². The summed E-state index contributed by atoms with van der Waals surface area (Å²) >= 11 is 0. The van der Waals surface area contributed by atoms with E-state index in [0.29, 0.717) is 13.0 Å². The van der Waals surface area contributed by atoms with Crippen molar-refractivity contribution in [2.75, 3.05) is 35.2 Å². The van der Waals surface area contributed by atoms with Gasteiger partial charge in [0.2, 0.25) is 0 Å². The van der Waals surface area contributed by atoms with Gasteiger partial charge in [-0.25, -0.2) is 0 Å². The first kappa shape index (κ1) is 24.0. The average Bonchev–Trinajstić information content (AvgIpc) is 3.07. The summed E-state index contributed by atoms with van der Waals surface area (Å²) in [4.78, 5) is 16.1. The summed E-state index contributed by atoms with van der Waals surface area (Å²) in [5, 5.41) is 7.32. The lowest BCUT2D eigenvalue weighted by Gasteiger charge is -2.30. The molecule has 3 aromatic rings. The molecule has 1 aliphatic heterocycles. The van der Waals surface area contributed by atoms with Crippen LogP contribution in [0.4, 0.5) is 17.1 Å². The second kappa shape index (κ2) is 10.5. The number of Topliss-reactive ketones (excluding diaryl/α,β-unsaturated/α-hetero) is 1. The molecule has 2 unspecified atom stereocenters. The molecule has 1 heterocycles. The zero-order valence-electron chi connectivity index (χ0n) is 21.4. The predicted molar refractivity (Wildman–Crippen MR) is 148 cm³/mol. The Bertz CT molecular complexity index is 1240. The lowest BCUT2D eigenvalue weighted by Crippen LogP contribution is -2.27.